The molecule has 6 nitrogen and oxygen atoms in total. The van der Waals surface area contributed by atoms with Crippen molar-refractivity contribution < 1.29 is 19.1 Å². The Kier molecular flexibility index (Phi) is 7.59. The van der Waals surface area contributed by atoms with Crippen LogP contribution >= 0.6 is 27.5 Å². The normalized spacial score (nSPS) is 10.6. The average Bonchev–Trinajstić information content (AvgIpc) is 2.73. The lowest BCUT2D eigenvalue weighted by Gasteiger charge is -2.05. The van der Waals surface area contributed by atoms with E-state index in [1.54, 1.807) is 54.6 Å². The monoisotopic (exact) mass is 486 g/mol. The Labute approximate surface area is 186 Å². The van der Waals surface area contributed by atoms with E-state index in [1.807, 2.05) is 12.1 Å². The van der Waals surface area contributed by atoms with Crippen LogP contribution in [0.4, 0.5) is 0 Å². The first-order chi connectivity index (χ1) is 14.5. The highest BCUT2D eigenvalue weighted by molar-refractivity contribution is 9.10. The summed E-state index contributed by atoms with van der Waals surface area (Å²) in [6, 6.07) is 20.4. The summed E-state index contributed by atoms with van der Waals surface area (Å²) in [6.07, 6.45) is 1.47. The third-order valence-electron chi connectivity index (χ3n) is 3.72. The second-order valence-electron chi connectivity index (χ2n) is 6.01. The molecule has 0 heterocycles. The molecule has 0 radical (unpaired) electrons. The minimum absolute atomic E-state index is 0.161. The van der Waals surface area contributed by atoms with Gasteiger partial charge < -0.3 is 9.47 Å². The molecule has 0 saturated heterocycles. The SMILES string of the molecule is O=C(COc1cccc(Br)c1)NN=Cc1ccc(OC(=O)c2cccc(Cl)c2)cc1. The second kappa shape index (κ2) is 10.6. The number of carbonyl (C=O) groups excluding carboxylic acids is 2. The van der Waals surface area contributed by atoms with Crippen LogP contribution in [0.5, 0.6) is 11.5 Å². The van der Waals surface area contributed by atoms with Gasteiger partial charge in [-0.3, -0.25) is 4.79 Å². The zero-order chi connectivity index (χ0) is 21.3. The van der Waals surface area contributed by atoms with E-state index in [0.717, 1.165) is 4.47 Å². The molecule has 1 N–H and O–H groups in total. The highest BCUT2D eigenvalue weighted by Gasteiger charge is 2.09. The Morgan fingerprint density at radius 2 is 1.77 bits per heavy atom. The molecule has 30 heavy (non-hydrogen) atoms. The van der Waals surface area contributed by atoms with Gasteiger partial charge in [0.05, 0.1) is 11.8 Å². The summed E-state index contributed by atoms with van der Waals surface area (Å²) in [5.41, 5.74) is 3.46. The molecule has 0 aliphatic heterocycles. The largest absolute Gasteiger partial charge is 0.484 e. The molecule has 3 aromatic carbocycles. The summed E-state index contributed by atoms with van der Waals surface area (Å²) in [7, 11) is 0. The van der Waals surface area contributed by atoms with Crippen molar-refractivity contribution in [1.82, 2.24) is 5.43 Å². The summed E-state index contributed by atoms with van der Waals surface area (Å²) in [5, 5.41) is 4.34. The summed E-state index contributed by atoms with van der Waals surface area (Å²) in [5.74, 6) is 0.0601. The average molecular weight is 488 g/mol. The molecule has 0 aromatic heterocycles. The number of hydrazone groups is 1. The summed E-state index contributed by atoms with van der Waals surface area (Å²) in [4.78, 5) is 23.9. The van der Waals surface area contributed by atoms with Crippen molar-refractivity contribution in [3.8, 4) is 11.5 Å². The van der Waals surface area contributed by atoms with Crippen LogP contribution in [0.1, 0.15) is 15.9 Å². The third-order valence-corrected chi connectivity index (χ3v) is 4.45. The van der Waals surface area contributed by atoms with E-state index in [-0.39, 0.29) is 6.61 Å². The summed E-state index contributed by atoms with van der Waals surface area (Å²) in [6.45, 7) is -0.161. The third kappa shape index (κ3) is 6.72. The summed E-state index contributed by atoms with van der Waals surface area (Å²) >= 11 is 9.21. The topological polar surface area (TPSA) is 77.0 Å². The van der Waals surface area contributed by atoms with Gasteiger partial charge in [-0.05, 0) is 66.2 Å². The molecule has 0 aliphatic rings. The van der Waals surface area contributed by atoms with Crippen LogP contribution in [0.25, 0.3) is 0 Å². The van der Waals surface area contributed by atoms with Crippen LogP contribution in [0.3, 0.4) is 0 Å². The standard InChI is InChI=1S/C22H16BrClN2O4/c23-17-4-2-6-20(12-17)29-14-21(27)26-25-13-15-7-9-19(10-8-15)30-22(28)16-3-1-5-18(24)11-16/h1-13H,14H2,(H,26,27). The van der Waals surface area contributed by atoms with E-state index < -0.39 is 11.9 Å². The van der Waals surface area contributed by atoms with Crippen LogP contribution in [-0.2, 0) is 4.79 Å². The van der Waals surface area contributed by atoms with Crippen molar-refractivity contribution >= 4 is 45.6 Å². The predicted octanol–water partition coefficient (Wildman–Crippen LogP) is 4.85. The Hall–Kier alpha value is -3.16. The van der Waals surface area contributed by atoms with Crippen LogP contribution in [0.15, 0.2) is 82.4 Å². The van der Waals surface area contributed by atoms with Crippen molar-refractivity contribution in [1.29, 1.82) is 0 Å². The number of amides is 1. The molecule has 152 valence electrons. The van der Waals surface area contributed by atoms with Crippen LogP contribution in [0, 0.1) is 0 Å². The molecular weight excluding hydrogens is 472 g/mol. The van der Waals surface area contributed by atoms with Gasteiger partial charge in [0.1, 0.15) is 11.5 Å². The first kappa shape index (κ1) is 21.5. The lowest BCUT2D eigenvalue weighted by Crippen LogP contribution is -2.24. The molecule has 0 spiro atoms. The maximum atomic E-state index is 12.1. The molecule has 8 heteroatoms. The number of ether oxygens (including phenoxy) is 2. The van der Waals surface area contributed by atoms with E-state index in [0.29, 0.717) is 27.6 Å². The fourth-order valence-corrected chi connectivity index (χ4v) is 2.89. The highest BCUT2D eigenvalue weighted by atomic mass is 79.9. The molecular formula is C22H16BrClN2O4. The number of esters is 1. The van der Waals surface area contributed by atoms with Gasteiger partial charge in [-0.25, -0.2) is 10.2 Å². The van der Waals surface area contributed by atoms with Crippen molar-refractivity contribution in [3.05, 3.63) is 93.4 Å². The Morgan fingerprint density at radius 3 is 2.50 bits per heavy atom. The van der Waals surface area contributed by atoms with Crippen molar-refractivity contribution in [2.75, 3.05) is 6.61 Å². The zero-order valence-corrected chi connectivity index (χ0v) is 17.9. The number of nitrogens with zero attached hydrogens (tertiary/aromatic N) is 1. The molecule has 3 rings (SSSR count). The predicted molar refractivity (Wildman–Crippen MR) is 118 cm³/mol. The van der Waals surface area contributed by atoms with Gasteiger partial charge in [0.15, 0.2) is 6.61 Å². The lowest BCUT2D eigenvalue weighted by molar-refractivity contribution is -0.123. The minimum Gasteiger partial charge on any atom is -0.484 e. The van der Waals surface area contributed by atoms with E-state index >= 15 is 0 Å². The second-order valence-corrected chi connectivity index (χ2v) is 7.36. The number of carbonyl (C=O) groups is 2. The molecule has 0 saturated carbocycles. The Morgan fingerprint density at radius 1 is 1.00 bits per heavy atom. The maximum Gasteiger partial charge on any atom is 0.343 e. The maximum absolute atomic E-state index is 12.1. The van der Waals surface area contributed by atoms with E-state index in [1.165, 1.54) is 12.3 Å². The number of rotatable bonds is 7. The number of hydrogen-bond acceptors (Lipinski definition) is 5. The van der Waals surface area contributed by atoms with Gasteiger partial charge >= 0.3 is 5.97 Å². The molecule has 3 aromatic rings. The van der Waals surface area contributed by atoms with Gasteiger partial charge in [-0.2, -0.15) is 5.10 Å². The molecule has 0 aliphatic carbocycles. The number of nitrogens with one attached hydrogen (secondary N) is 1. The van der Waals surface area contributed by atoms with Crippen molar-refractivity contribution in [3.63, 3.8) is 0 Å². The number of benzene rings is 3. The molecule has 1 amide bonds. The smallest absolute Gasteiger partial charge is 0.343 e. The molecule has 0 bridgehead atoms. The van der Waals surface area contributed by atoms with E-state index in [9.17, 15) is 9.59 Å². The fourth-order valence-electron chi connectivity index (χ4n) is 2.32. The number of hydrogen-bond donors (Lipinski definition) is 1. The van der Waals surface area contributed by atoms with Crippen LogP contribution < -0.4 is 14.9 Å². The Bertz CT molecular complexity index is 1070. The first-order valence-corrected chi connectivity index (χ1v) is 9.95. The number of halogens is 2. The quantitative estimate of drug-likeness (QED) is 0.224. The fraction of sp³-hybridized carbons (Fsp3) is 0.0455. The van der Waals surface area contributed by atoms with Crippen LogP contribution in [0.2, 0.25) is 5.02 Å². The summed E-state index contributed by atoms with van der Waals surface area (Å²) < 4.78 is 11.5. The van der Waals surface area contributed by atoms with Gasteiger partial charge in [0.2, 0.25) is 0 Å². The minimum atomic E-state index is -0.503. The van der Waals surface area contributed by atoms with E-state index in [2.05, 4.69) is 26.5 Å². The molecule has 0 unspecified atom stereocenters. The van der Waals surface area contributed by atoms with Gasteiger partial charge in [-0.1, -0.05) is 39.7 Å². The van der Waals surface area contributed by atoms with Crippen LogP contribution in [-0.4, -0.2) is 24.7 Å². The first-order valence-electron chi connectivity index (χ1n) is 8.78. The molecule has 0 atom stereocenters. The molecule has 0 fully saturated rings. The zero-order valence-electron chi connectivity index (χ0n) is 15.5. The van der Waals surface area contributed by atoms with E-state index in [4.69, 9.17) is 21.1 Å². The lowest BCUT2D eigenvalue weighted by atomic mass is 10.2. The van der Waals surface area contributed by atoms with Crippen molar-refractivity contribution in [2.45, 2.75) is 0 Å². The van der Waals surface area contributed by atoms with Gasteiger partial charge in [0.25, 0.3) is 5.91 Å². The van der Waals surface area contributed by atoms with Gasteiger partial charge in [0, 0.05) is 9.50 Å². The Balaban J connectivity index is 1.47. The van der Waals surface area contributed by atoms with Crippen molar-refractivity contribution in [2.24, 2.45) is 5.10 Å². The van der Waals surface area contributed by atoms with Gasteiger partial charge in [-0.15, -0.1) is 0 Å². The highest BCUT2D eigenvalue weighted by Crippen LogP contribution is 2.18.